The van der Waals surface area contributed by atoms with Crippen molar-refractivity contribution in [3.8, 4) is 11.5 Å². The number of aliphatic hydroxyl groups is 2. The van der Waals surface area contributed by atoms with Gasteiger partial charge in [-0.1, -0.05) is 97.7 Å². The number of aromatic hydroxyl groups is 1. The molecule has 4 aromatic carbocycles. The highest BCUT2D eigenvalue weighted by atomic mass is 16.7. The Balaban J connectivity index is 1.43. The number of aliphatic hydroxyl groups excluding tert-OH is 2. The van der Waals surface area contributed by atoms with Gasteiger partial charge in [-0.15, -0.1) is 6.58 Å². The van der Waals surface area contributed by atoms with E-state index in [-0.39, 0.29) is 55.8 Å². The number of unbranched alkanes of at least 4 members (excludes halogenated alkanes) is 2. The fraction of sp³-hybridized carbons (Fsp3) is 0.417. The largest absolute Gasteiger partial charge is 0.508 e. The van der Waals surface area contributed by atoms with Crippen molar-refractivity contribution in [2.75, 3.05) is 26.4 Å². The lowest BCUT2D eigenvalue weighted by Crippen LogP contribution is -2.70. The van der Waals surface area contributed by atoms with Crippen LogP contribution in [0.3, 0.4) is 0 Å². The molecule has 3 aliphatic rings. The average Bonchev–Trinajstić information content (AvgIpc) is 3.23. The smallest absolute Gasteiger partial charge is 0.254 e. The van der Waals surface area contributed by atoms with Gasteiger partial charge in [0.1, 0.15) is 24.1 Å². The third-order valence-corrected chi connectivity index (χ3v) is 12.0. The second-order valence-electron chi connectivity index (χ2n) is 15.6. The van der Waals surface area contributed by atoms with Crippen molar-refractivity contribution in [3.63, 3.8) is 0 Å². The quantitative estimate of drug-likeness (QED) is 0.0525. The van der Waals surface area contributed by atoms with Crippen LogP contribution in [0.15, 0.2) is 120 Å². The zero-order valence-electron chi connectivity index (χ0n) is 33.0. The monoisotopic (exact) mass is 772 g/mol. The predicted octanol–water partition coefficient (Wildman–Crippen LogP) is 8.93. The van der Waals surface area contributed by atoms with E-state index in [1.807, 2.05) is 89.8 Å². The Labute approximate surface area is 336 Å². The molecule has 300 valence electrons. The summed E-state index contributed by atoms with van der Waals surface area (Å²) < 4.78 is 14.3. The maximum atomic E-state index is 15.1. The van der Waals surface area contributed by atoms with Gasteiger partial charge in [0.05, 0.1) is 18.2 Å². The molecular formula is C48H56N2O7. The number of phenolic OH excluding ortho intramolecular Hbond substituents is 1. The molecule has 9 nitrogen and oxygen atoms in total. The second kappa shape index (κ2) is 18.5. The second-order valence-corrected chi connectivity index (χ2v) is 15.6. The summed E-state index contributed by atoms with van der Waals surface area (Å²) in [5.74, 6) is -1.21. The minimum atomic E-state index is -1.36. The van der Waals surface area contributed by atoms with E-state index in [0.29, 0.717) is 43.5 Å². The highest BCUT2D eigenvalue weighted by molar-refractivity contribution is 6.04. The lowest BCUT2D eigenvalue weighted by atomic mass is 9.55. The Bertz CT molecular complexity index is 2060. The van der Waals surface area contributed by atoms with Crippen molar-refractivity contribution in [3.05, 3.63) is 132 Å². The fourth-order valence-electron chi connectivity index (χ4n) is 9.54. The molecule has 2 aliphatic carbocycles. The number of allylic oxidation sites excluding steroid dienone is 1. The van der Waals surface area contributed by atoms with Gasteiger partial charge in [-0.2, -0.15) is 0 Å². The number of ether oxygens (including phenoxy) is 2. The highest BCUT2D eigenvalue weighted by Gasteiger charge is 2.65. The Morgan fingerprint density at radius 1 is 0.947 bits per heavy atom. The van der Waals surface area contributed by atoms with Crippen LogP contribution in [-0.2, 0) is 16.2 Å². The van der Waals surface area contributed by atoms with Crippen LogP contribution in [0.25, 0.3) is 10.8 Å². The molecule has 0 aromatic heterocycles. The molecule has 0 unspecified atom stereocenters. The molecule has 1 saturated carbocycles. The molecule has 4 aromatic rings. The van der Waals surface area contributed by atoms with Crippen LogP contribution >= 0.6 is 0 Å². The summed E-state index contributed by atoms with van der Waals surface area (Å²) in [5, 5.41) is 37.7. The summed E-state index contributed by atoms with van der Waals surface area (Å²) in [5.41, 5.74) is 4.16. The van der Waals surface area contributed by atoms with Gasteiger partial charge < -0.3 is 34.5 Å². The number of benzene rings is 4. The number of carbonyl (C=O) groups is 1. The number of hydrogen-bond donors (Lipinski definition) is 3. The van der Waals surface area contributed by atoms with Crippen molar-refractivity contribution in [2.24, 2.45) is 22.9 Å². The average molecular weight is 773 g/mol. The molecule has 1 amide bonds. The van der Waals surface area contributed by atoms with Crippen LogP contribution in [0.5, 0.6) is 11.5 Å². The van der Waals surface area contributed by atoms with Crippen molar-refractivity contribution in [1.29, 1.82) is 0 Å². The van der Waals surface area contributed by atoms with Crippen molar-refractivity contribution in [2.45, 2.75) is 82.6 Å². The highest BCUT2D eigenvalue weighted by Crippen LogP contribution is 2.62. The summed E-state index contributed by atoms with van der Waals surface area (Å²) in [6.07, 6.45) is 9.74. The Hall–Kier alpha value is -4.96. The molecule has 7 rings (SSSR count). The van der Waals surface area contributed by atoms with Gasteiger partial charge in [0, 0.05) is 43.2 Å². The van der Waals surface area contributed by atoms with E-state index in [1.54, 1.807) is 12.1 Å². The summed E-state index contributed by atoms with van der Waals surface area (Å²) in [7, 11) is 0. The number of amides is 1. The zero-order valence-corrected chi connectivity index (χ0v) is 33.0. The predicted molar refractivity (Wildman–Crippen MR) is 223 cm³/mol. The molecule has 1 heterocycles. The molecule has 1 aliphatic heterocycles. The minimum absolute atomic E-state index is 0.0706. The van der Waals surface area contributed by atoms with Gasteiger partial charge in [-0.05, 0) is 96.2 Å². The summed E-state index contributed by atoms with van der Waals surface area (Å²) in [4.78, 5) is 23.2. The molecule has 6 atom stereocenters. The summed E-state index contributed by atoms with van der Waals surface area (Å²) in [6.45, 7) is 7.22. The molecule has 0 saturated heterocycles. The maximum Gasteiger partial charge on any atom is 0.254 e. The van der Waals surface area contributed by atoms with Crippen LogP contribution in [0, 0.1) is 17.8 Å². The molecule has 57 heavy (non-hydrogen) atoms. The number of hydrogen-bond acceptors (Lipinski definition) is 8. The number of nitrogens with zero attached hydrogens (tertiary/aromatic N) is 2. The van der Waals surface area contributed by atoms with Crippen LogP contribution in [-0.4, -0.2) is 70.0 Å². The van der Waals surface area contributed by atoms with E-state index >= 15 is 4.79 Å². The van der Waals surface area contributed by atoms with Gasteiger partial charge in [-0.3, -0.25) is 4.79 Å². The fourth-order valence-corrected chi connectivity index (χ4v) is 9.54. The van der Waals surface area contributed by atoms with Gasteiger partial charge in [0.15, 0.2) is 0 Å². The molecule has 3 N–H and O–H groups in total. The van der Waals surface area contributed by atoms with Crippen molar-refractivity contribution >= 4 is 22.4 Å². The van der Waals surface area contributed by atoms with Gasteiger partial charge in [-0.25, -0.2) is 0 Å². The van der Waals surface area contributed by atoms with Gasteiger partial charge >= 0.3 is 0 Å². The molecule has 0 bridgehead atoms. The van der Waals surface area contributed by atoms with Gasteiger partial charge in [0.2, 0.25) is 5.79 Å². The van der Waals surface area contributed by atoms with Gasteiger partial charge in [0.25, 0.3) is 5.91 Å². The summed E-state index contributed by atoms with van der Waals surface area (Å²) in [6, 6.07) is 28.5. The van der Waals surface area contributed by atoms with E-state index in [4.69, 9.17) is 19.5 Å². The molecule has 9 heteroatoms. The number of oxime groups is 1. The summed E-state index contributed by atoms with van der Waals surface area (Å²) >= 11 is 0. The molecular weight excluding hydrogens is 717 g/mol. The SMILES string of the molecule is C=CCO[C@@]12Oc3ccc(O)cc3[C@H]3[C@H](CCCCO)[C@@H](CCCCO)C=C(C(=NOCc4ccccc4)C[C@@H]1N(CCC)C(=O)c1ccc4ccccc4c1)[C@H]32. The Morgan fingerprint density at radius 2 is 1.70 bits per heavy atom. The Morgan fingerprint density at radius 3 is 2.46 bits per heavy atom. The van der Waals surface area contributed by atoms with Crippen LogP contribution in [0.2, 0.25) is 0 Å². The third-order valence-electron chi connectivity index (χ3n) is 12.0. The van der Waals surface area contributed by atoms with E-state index in [0.717, 1.165) is 58.9 Å². The van der Waals surface area contributed by atoms with E-state index in [9.17, 15) is 15.3 Å². The molecule has 1 fully saturated rings. The van der Waals surface area contributed by atoms with E-state index in [1.165, 1.54) is 0 Å². The maximum absolute atomic E-state index is 15.1. The minimum Gasteiger partial charge on any atom is -0.508 e. The first kappa shape index (κ1) is 40.2. The standard InChI is InChI=1S/C48H56N2O7/c1-3-24-50(47(54)37-21-20-34-16-8-9-17-35(34)28-37)44-31-42(49-56-32-33-14-6-5-7-15-33)40-29-36(18-10-12-25-51)39(19-11-13-26-52)45-41-30-38(53)22-23-43(41)57-48(44,46(40)45)55-27-4-2/h4-9,14-17,20-23,28-30,36,39,44-46,51-53H,2-3,10-13,18-19,24-27,31-32H2,1H3/t36-,39+,44-,45+,46+,48+/m0/s1. The van der Waals surface area contributed by atoms with Crippen molar-refractivity contribution < 1.29 is 34.4 Å². The first-order chi connectivity index (χ1) is 27.9. The first-order valence-electron chi connectivity index (χ1n) is 20.7. The lowest BCUT2D eigenvalue weighted by molar-refractivity contribution is -0.254. The van der Waals surface area contributed by atoms with Crippen LogP contribution in [0.1, 0.15) is 85.7 Å². The van der Waals surface area contributed by atoms with Crippen molar-refractivity contribution in [1.82, 2.24) is 4.90 Å². The topological polar surface area (TPSA) is 121 Å². The molecule has 0 radical (unpaired) electrons. The van der Waals surface area contributed by atoms with Crippen LogP contribution in [0.4, 0.5) is 0 Å². The normalized spacial score (nSPS) is 24.2. The first-order valence-corrected chi connectivity index (χ1v) is 20.7. The van der Waals surface area contributed by atoms with E-state index < -0.39 is 17.7 Å². The zero-order chi connectivity index (χ0) is 39.8. The number of fused-ring (bicyclic) bond motifs is 3. The van der Waals surface area contributed by atoms with Crippen LogP contribution < -0.4 is 4.74 Å². The number of phenols is 1. The third kappa shape index (κ3) is 8.38. The number of rotatable bonds is 18. The lowest BCUT2D eigenvalue weighted by Gasteiger charge is -2.60. The Kier molecular flexibility index (Phi) is 13.1. The number of carbonyl (C=O) groups excluding carboxylic acids is 1. The van der Waals surface area contributed by atoms with E-state index in [2.05, 4.69) is 19.6 Å². The molecule has 0 spiro atoms.